The monoisotopic (exact) mass is 234 g/mol. The van der Waals surface area contributed by atoms with Crippen molar-refractivity contribution in [3.63, 3.8) is 0 Å². The van der Waals surface area contributed by atoms with Crippen LogP contribution in [0.1, 0.15) is 25.3 Å². The highest BCUT2D eigenvalue weighted by atomic mass is 16.3. The van der Waals surface area contributed by atoms with Crippen LogP contribution in [0.25, 0.3) is 0 Å². The number of phenols is 1. The fraction of sp³-hybridized carbons (Fsp3) is 0.571. The maximum Gasteiger partial charge on any atom is 0.120 e. The quantitative estimate of drug-likeness (QED) is 0.789. The molecule has 3 N–H and O–H groups in total. The van der Waals surface area contributed by atoms with Crippen molar-refractivity contribution in [1.82, 2.24) is 4.90 Å². The Morgan fingerprint density at radius 1 is 1.35 bits per heavy atom. The number of benzene rings is 1. The van der Waals surface area contributed by atoms with E-state index in [-0.39, 0.29) is 0 Å². The van der Waals surface area contributed by atoms with E-state index in [2.05, 4.69) is 11.8 Å². The minimum absolute atomic E-state index is 0.329. The summed E-state index contributed by atoms with van der Waals surface area (Å²) in [4.78, 5) is 2.46. The second kappa shape index (κ2) is 5.41. The highest BCUT2D eigenvalue weighted by Crippen LogP contribution is 2.24. The molecule has 1 saturated heterocycles. The van der Waals surface area contributed by atoms with E-state index in [9.17, 15) is 5.11 Å². The molecule has 0 amide bonds. The minimum Gasteiger partial charge on any atom is -0.508 e. The lowest BCUT2D eigenvalue weighted by atomic mass is 9.98. The van der Waals surface area contributed by atoms with Crippen LogP contribution < -0.4 is 5.73 Å². The Hall–Kier alpha value is -1.22. The number of nitrogens with zero attached hydrogens (tertiary/aromatic N) is 1. The van der Waals surface area contributed by atoms with Gasteiger partial charge in [-0.05, 0) is 50.4 Å². The zero-order valence-electron chi connectivity index (χ0n) is 10.5. The third-order valence-electron chi connectivity index (χ3n) is 3.74. The van der Waals surface area contributed by atoms with Crippen LogP contribution in [0.5, 0.6) is 5.75 Å². The summed E-state index contributed by atoms with van der Waals surface area (Å²) in [5, 5.41) is 9.76. The molecule has 1 heterocycles. The van der Waals surface area contributed by atoms with Crippen molar-refractivity contribution >= 4 is 5.69 Å². The zero-order valence-corrected chi connectivity index (χ0v) is 10.5. The number of likely N-dealkylation sites (tertiary alicyclic amines) is 1. The van der Waals surface area contributed by atoms with Crippen molar-refractivity contribution in [1.29, 1.82) is 0 Å². The fourth-order valence-electron chi connectivity index (χ4n) is 2.42. The lowest BCUT2D eigenvalue weighted by molar-refractivity contribution is 0.194. The standard InChI is InChI=1S/C14H22N2O/c1-11-5-8-16(9-6-11)10-7-12-13(15)3-2-4-14(12)17/h2-4,11,17H,5-10,15H2,1H3. The number of piperidine rings is 1. The first-order valence-electron chi connectivity index (χ1n) is 6.45. The molecular weight excluding hydrogens is 212 g/mol. The summed E-state index contributed by atoms with van der Waals surface area (Å²) in [6.07, 6.45) is 3.42. The fourth-order valence-corrected chi connectivity index (χ4v) is 2.42. The number of anilines is 1. The number of hydrogen-bond acceptors (Lipinski definition) is 3. The number of aromatic hydroxyl groups is 1. The topological polar surface area (TPSA) is 49.5 Å². The van der Waals surface area contributed by atoms with Crippen molar-refractivity contribution in [2.45, 2.75) is 26.2 Å². The largest absolute Gasteiger partial charge is 0.508 e. The van der Waals surface area contributed by atoms with Gasteiger partial charge in [0.1, 0.15) is 5.75 Å². The number of hydrogen-bond donors (Lipinski definition) is 2. The molecule has 0 saturated carbocycles. The van der Waals surface area contributed by atoms with E-state index in [1.54, 1.807) is 12.1 Å². The van der Waals surface area contributed by atoms with Crippen molar-refractivity contribution in [3.8, 4) is 5.75 Å². The maximum absolute atomic E-state index is 9.76. The molecule has 0 bridgehead atoms. The second-order valence-corrected chi connectivity index (χ2v) is 5.12. The van der Waals surface area contributed by atoms with Crippen LogP contribution in [0.3, 0.4) is 0 Å². The van der Waals surface area contributed by atoms with Crippen molar-refractivity contribution in [2.75, 3.05) is 25.4 Å². The average Bonchev–Trinajstić information content (AvgIpc) is 2.31. The van der Waals surface area contributed by atoms with Gasteiger partial charge in [-0.25, -0.2) is 0 Å². The second-order valence-electron chi connectivity index (χ2n) is 5.12. The van der Waals surface area contributed by atoms with Gasteiger partial charge in [0.25, 0.3) is 0 Å². The third kappa shape index (κ3) is 3.13. The lowest BCUT2D eigenvalue weighted by Crippen LogP contribution is -2.34. The van der Waals surface area contributed by atoms with E-state index >= 15 is 0 Å². The van der Waals surface area contributed by atoms with Crippen molar-refractivity contribution < 1.29 is 5.11 Å². The van der Waals surface area contributed by atoms with Crippen molar-refractivity contribution in [3.05, 3.63) is 23.8 Å². The zero-order chi connectivity index (χ0) is 12.3. The van der Waals surface area contributed by atoms with Crippen LogP contribution in [0, 0.1) is 5.92 Å². The first kappa shape index (κ1) is 12.2. The van der Waals surface area contributed by atoms with Gasteiger partial charge in [-0.2, -0.15) is 0 Å². The summed E-state index contributed by atoms with van der Waals surface area (Å²) in [6, 6.07) is 5.36. The molecule has 0 spiro atoms. The number of nitrogen functional groups attached to an aromatic ring is 1. The highest BCUT2D eigenvalue weighted by molar-refractivity contribution is 5.53. The minimum atomic E-state index is 0.329. The molecule has 1 aromatic rings. The molecule has 94 valence electrons. The molecule has 3 heteroatoms. The van der Waals surface area contributed by atoms with Gasteiger partial charge < -0.3 is 15.7 Å². The van der Waals surface area contributed by atoms with Crippen LogP contribution in [-0.4, -0.2) is 29.6 Å². The van der Waals surface area contributed by atoms with Gasteiger partial charge in [0.15, 0.2) is 0 Å². The Bertz CT molecular complexity index is 350. The van der Waals surface area contributed by atoms with Crippen LogP contribution in [0.2, 0.25) is 0 Å². The molecule has 0 aliphatic carbocycles. The summed E-state index contributed by atoms with van der Waals surface area (Å²) in [7, 11) is 0. The lowest BCUT2D eigenvalue weighted by Gasteiger charge is -2.30. The Morgan fingerprint density at radius 2 is 2.06 bits per heavy atom. The van der Waals surface area contributed by atoms with Crippen LogP contribution in [-0.2, 0) is 6.42 Å². The maximum atomic E-state index is 9.76. The molecule has 1 aliphatic heterocycles. The summed E-state index contributed by atoms with van der Waals surface area (Å²) >= 11 is 0. The Kier molecular flexibility index (Phi) is 3.89. The normalized spacial score (nSPS) is 18.4. The molecule has 1 aliphatic rings. The van der Waals surface area contributed by atoms with Crippen LogP contribution in [0.15, 0.2) is 18.2 Å². The van der Waals surface area contributed by atoms with Gasteiger partial charge in [-0.3, -0.25) is 0 Å². The van der Waals surface area contributed by atoms with Gasteiger partial charge in [0.05, 0.1) is 0 Å². The summed E-state index contributed by atoms with van der Waals surface area (Å²) < 4.78 is 0. The van der Waals surface area contributed by atoms with Gasteiger partial charge in [-0.15, -0.1) is 0 Å². The highest BCUT2D eigenvalue weighted by Gasteiger charge is 2.16. The van der Waals surface area contributed by atoms with Crippen molar-refractivity contribution in [2.24, 2.45) is 5.92 Å². The smallest absolute Gasteiger partial charge is 0.120 e. The average molecular weight is 234 g/mol. The van der Waals surface area contributed by atoms with Gasteiger partial charge in [0, 0.05) is 17.8 Å². The molecule has 3 nitrogen and oxygen atoms in total. The van der Waals surface area contributed by atoms with E-state index in [1.807, 2.05) is 6.07 Å². The molecule has 0 atom stereocenters. The predicted molar refractivity (Wildman–Crippen MR) is 71.1 cm³/mol. The molecule has 17 heavy (non-hydrogen) atoms. The van der Waals surface area contributed by atoms with Crippen LogP contribution >= 0.6 is 0 Å². The predicted octanol–water partition coefficient (Wildman–Crippen LogP) is 2.25. The summed E-state index contributed by atoms with van der Waals surface area (Å²) in [5.41, 5.74) is 7.48. The Morgan fingerprint density at radius 3 is 2.71 bits per heavy atom. The molecule has 2 rings (SSSR count). The molecule has 0 unspecified atom stereocenters. The van der Waals surface area contributed by atoms with E-state index in [0.29, 0.717) is 11.4 Å². The van der Waals surface area contributed by atoms with Crippen LogP contribution in [0.4, 0.5) is 5.69 Å². The number of nitrogens with two attached hydrogens (primary N) is 1. The third-order valence-corrected chi connectivity index (χ3v) is 3.74. The molecule has 1 fully saturated rings. The Balaban J connectivity index is 1.89. The summed E-state index contributed by atoms with van der Waals surface area (Å²) in [5.74, 6) is 1.19. The number of rotatable bonds is 3. The molecule has 0 aromatic heterocycles. The molecule has 0 radical (unpaired) electrons. The summed E-state index contributed by atoms with van der Waals surface area (Å²) in [6.45, 7) is 5.66. The van der Waals surface area contributed by atoms with E-state index < -0.39 is 0 Å². The van der Waals surface area contributed by atoms with E-state index in [4.69, 9.17) is 5.73 Å². The van der Waals surface area contributed by atoms with Gasteiger partial charge in [0.2, 0.25) is 0 Å². The first-order chi connectivity index (χ1) is 8.16. The Labute approximate surface area is 103 Å². The SMILES string of the molecule is CC1CCN(CCc2c(N)cccc2O)CC1. The molecule has 1 aromatic carbocycles. The van der Waals surface area contributed by atoms with E-state index in [1.165, 1.54) is 25.9 Å². The van der Waals surface area contributed by atoms with E-state index in [0.717, 1.165) is 24.4 Å². The van der Waals surface area contributed by atoms with Gasteiger partial charge in [-0.1, -0.05) is 13.0 Å². The molecular formula is C14H22N2O. The van der Waals surface area contributed by atoms with Gasteiger partial charge >= 0.3 is 0 Å². The first-order valence-corrected chi connectivity index (χ1v) is 6.45. The number of phenolic OH excluding ortho intramolecular Hbond substituents is 1.